The summed E-state index contributed by atoms with van der Waals surface area (Å²) >= 11 is 12.0. The molecular weight excluding hydrogens is 523 g/mol. The summed E-state index contributed by atoms with van der Waals surface area (Å²) in [5.74, 6) is 1.57. The quantitative estimate of drug-likeness (QED) is 0.120. The van der Waals surface area contributed by atoms with Crippen LogP contribution in [0.5, 0.6) is 0 Å². The van der Waals surface area contributed by atoms with Crippen LogP contribution >= 0.6 is 23.2 Å². The van der Waals surface area contributed by atoms with E-state index < -0.39 is 0 Å². The number of rotatable bonds is 11. The van der Waals surface area contributed by atoms with E-state index in [4.69, 9.17) is 28.6 Å². The van der Waals surface area contributed by atoms with Gasteiger partial charge in [-0.05, 0) is 55.7 Å². The van der Waals surface area contributed by atoms with Gasteiger partial charge in [0.2, 0.25) is 11.7 Å². The number of carbonyl (C=O) groups is 1. The molecule has 0 saturated heterocycles. The van der Waals surface area contributed by atoms with Crippen LogP contribution in [-0.2, 0) is 13.0 Å². The van der Waals surface area contributed by atoms with Gasteiger partial charge >= 0.3 is 0 Å². The van der Waals surface area contributed by atoms with E-state index >= 15 is 0 Å². The summed E-state index contributed by atoms with van der Waals surface area (Å²) < 4.78 is 0. The number of unbranched alkanes of at least 4 members (excludes halogenated alkanes) is 1. The van der Waals surface area contributed by atoms with E-state index in [-0.39, 0.29) is 17.3 Å². The molecule has 1 aliphatic rings. The summed E-state index contributed by atoms with van der Waals surface area (Å²) in [6.45, 7) is 0.409. The molecule has 0 radical (unpaired) electrons. The number of nitrogens with one attached hydrogen (secondary N) is 4. The van der Waals surface area contributed by atoms with Crippen LogP contribution in [0.15, 0.2) is 35.4 Å². The molecule has 8 nitrogen and oxygen atoms in total. The van der Waals surface area contributed by atoms with Gasteiger partial charge in [-0.1, -0.05) is 61.4 Å². The van der Waals surface area contributed by atoms with Crippen LogP contribution < -0.4 is 10.9 Å². The second kappa shape index (κ2) is 13.7. The van der Waals surface area contributed by atoms with E-state index in [0.717, 1.165) is 63.1 Å². The molecule has 4 N–H and O–H groups in total. The summed E-state index contributed by atoms with van der Waals surface area (Å²) in [5.41, 5.74) is 1.60. The largest absolute Gasteiger partial charge is 0.352 e. The van der Waals surface area contributed by atoms with Gasteiger partial charge in [-0.2, -0.15) is 0 Å². The normalized spacial score (nSPS) is 17.9. The number of halogens is 2. The third-order valence-electron chi connectivity index (χ3n) is 7.36. The van der Waals surface area contributed by atoms with E-state index in [9.17, 15) is 9.59 Å². The smallest absolute Gasteiger partial charge is 0.256 e. The maximum absolute atomic E-state index is 12.8. The number of hydrogen-bond acceptors (Lipinski definition) is 6. The Morgan fingerprint density at radius 2 is 1.97 bits per heavy atom. The van der Waals surface area contributed by atoms with Crippen molar-refractivity contribution in [2.24, 2.45) is 11.8 Å². The molecule has 2 aromatic heterocycles. The zero-order chi connectivity index (χ0) is 26.9. The van der Waals surface area contributed by atoms with Crippen molar-refractivity contribution in [1.29, 1.82) is 5.41 Å². The fourth-order valence-electron chi connectivity index (χ4n) is 5.22. The molecule has 2 atom stereocenters. The van der Waals surface area contributed by atoms with Crippen molar-refractivity contribution >= 4 is 41.1 Å². The predicted molar refractivity (Wildman–Crippen MR) is 152 cm³/mol. The third kappa shape index (κ3) is 7.54. The van der Waals surface area contributed by atoms with Crippen molar-refractivity contribution in [2.45, 2.75) is 70.8 Å². The maximum atomic E-state index is 12.8. The Hall–Kier alpha value is -2.97. The Morgan fingerprint density at radius 3 is 2.74 bits per heavy atom. The predicted octanol–water partition coefficient (Wildman–Crippen LogP) is 6.59. The molecule has 0 aliphatic heterocycles. The van der Waals surface area contributed by atoms with Crippen molar-refractivity contribution < 1.29 is 4.79 Å². The molecule has 38 heavy (non-hydrogen) atoms. The first kappa shape index (κ1) is 28.0. The highest BCUT2D eigenvalue weighted by Gasteiger charge is 2.25. The molecule has 0 bridgehead atoms. The Labute approximate surface area is 232 Å². The van der Waals surface area contributed by atoms with E-state index in [1.807, 2.05) is 6.07 Å². The lowest BCUT2D eigenvalue weighted by Crippen LogP contribution is -2.21. The van der Waals surface area contributed by atoms with Gasteiger partial charge in [-0.15, -0.1) is 0 Å². The van der Waals surface area contributed by atoms with Crippen LogP contribution in [0.25, 0.3) is 0 Å². The Balaban J connectivity index is 1.27. The lowest BCUT2D eigenvalue weighted by molar-refractivity contribution is 0.0880. The molecular formula is C28H34Cl2N6O2. The Bertz CT molecular complexity index is 1290. The van der Waals surface area contributed by atoms with Crippen molar-refractivity contribution in [1.82, 2.24) is 19.9 Å². The number of hydrogen-bond donors (Lipinski definition) is 4. The number of benzene rings is 1. The van der Waals surface area contributed by atoms with Crippen LogP contribution in [-0.4, -0.2) is 31.9 Å². The molecule has 202 valence electrons. The van der Waals surface area contributed by atoms with Gasteiger partial charge in [0.25, 0.3) is 5.56 Å². The van der Waals surface area contributed by atoms with Crippen molar-refractivity contribution in [2.75, 3.05) is 5.32 Å². The number of anilines is 1. The summed E-state index contributed by atoms with van der Waals surface area (Å²) in [6, 6.07) is 5.32. The van der Waals surface area contributed by atoms with Gasteiger partial charge < -0.3 is 15.7 Å². The SMILES string of the molecule is N=Cc1nc(NCc2ccc(Cl)c(Cl)c2)[nH]c(=O)c1CCCCC1CCCCC(C(=O)c2ncc[nH]2)CC1. The highest BCUT2D eigenvalue weighted by atomic mass is 35.5. The molecule has 2 unspecified atom stereocenters. The van der Waals surface area contributed by atoms with Crippen LogP contribution in [0.2, 0.25) is 10.0 Å². The van der Waals surface area contributed by atoms with Crippen molar-refractivity contribution in [3.8, 4) is 0 Å². The summed E-state index contributed by atoms with van der Waals surface area (Å²) in [4.78, 5) is 39.9. The second-order valence-electron chi connectivity index (χ2n) is 10.00. The summed E-state index contributed by atoms with van der Waals surface area (Å²) in [5, 5.41) is 11.8. The molecule has 0 amide bonds. The van der Waals surface area contributed by atoms with Gasteiger partial charge in [0.1, 0.15) is 0 Å². The molecule has 4 rings (SSSR count). The monoisotopic (exact) mass is 556 g/mol. The van der Waals surface area contributed by atoms with E-state index in [1.165, 1.54) is 6.42 Å². The van der Waals surface area contributed by atoms with Gasteiger partial charge in [-0.3, -0.25) is 14.6 Å². The first-order valence-electron chi connectivity index (χ1n) is 13.3. The second-order valence-corrected chi connectivity index (χ2v) is 10.8. The minimum absolute atomic E-state index is 0.0486. The number of H-pyrrole nitrogens is 2. The Morgan fingerprint density at radius 1 is 1.13 bits per heavy atom. The average molecular weight is 558 g/mol. The minimum Gasteiger partial charge on any atom is -0.352 e. The number of imidazole rings is 1. The van der Waals surface area contributed by atoms with Crippen LogP contribution in [0.4, 0.5) is 5.95 Å². The lowest BCUT2D eigenvalue weighted by Gasteiger charge is -2.24. The number of Topliss-reactive ketones (excluding diaryl/α,β-unsaturated/α-hetero) is 1. The van der Waals surface area contributed by atoms with Crippen LogP contribution in [0.1, 0.15) is 85.2 Å². The maximum Gasteiger partial charge on any atom is 0.256 e. The number of ketones is 1. The molecule has 1 aliphatic carbocycles. The average Bonchev–Trinajstić information content (AvgIpc) is 3.44. The number of carbonyl (C=O) groups excluding carboxylic acids is 1. The zero-order valence-corrected chi connectivity index (χ0v) is 22.9. The van der Waals surface area contributed by atoms with Gasteiger partial charge in [0, 0.05) is 36.6 Å². The number of aromatic nitrogens is 4. The summed E-state index contributed by atoms with van der Waals surface area (Å²) in [6.07, 6.45) is 14.3. The van der Waals surface area contributed by atoms with E-state index in [1.54, 1.807) is 24.5 Å². The third-order valence-corrected chi connectivity index (χ3v) is 8.10. The zero-order valence-electron chi connectivity index (χ0n) is 21.4. The van der Waals surface area contributed by atoms with E-state index in [0.29, 0.717) is 52.0 Å². The van der Waals surface area contributed by atoms with Gasteiger partial charge in [0.15, 0.2) is 5.82 Å². The Kier molecular flexibility index (Phi) is 10.1. The van der Waals surface area contributed by atoms with Crippen molar-refractivity contribution in [3.63, 3.8) is 0 Å². The fraction of sp³-hybridized carbons (Fsp3) is 0.464. The summed E-state index contributed by atoms with van der Waals surface area (Å²) in [7, 11) is 0. The molecule has 1 aromatic carbocycles. The van der Waals surface area contributed by atoms with Crippen LogP contribution in [0, 0.1) is 17.2 Å². The molecule has 1 saturated carbocycles. The van der Waals surface area contributed by atoms with Crippen LogP contribution in [0.3, 0.4) is 0 Å². The first-order valence-corrected chi connectivity index (χ1v) is 14.0. The van der Waals surface area contributed by atoms with Crippen molar-refractivity contribution in [3.05, 3.63) is 73.6 Å². The number of aromatic amines is 2. The molecule has 2 heterocycles. The highest BCUT2D eigenvalue weighted by Crippen LogP contribution is 2.31. The molecule has 3 aromatic rings. The topological polar surface area (TPSA) is 127 Å². The fourth-order valence-corrected chi connectivity index (χ4v) is 5.54. The lowest BCUT2D eigenvalue weighted by atomic mass is 9.81. The highest BCUT2D eigenvalue weighted by molar-refractivity contribution is 6.42. The van der Waals surface area contributed by atoms with Gasteiger partial charge in [-0.25, -0.2) is 9.97 Å². The molecule has 1 fully saturated rings. The molecule has 10 heteroatoms. The number of nitrogens with zero attached hydrogens (tertiary/aromatic N) is 2. The van der Waals surface area contributed by atoms with E-state index in [2.05, 4.69) is 25.3 Å². The standard InChI is InChI=1S/C28H34Cl2N6O2/c29-22-12-10-19(15-23(22)30)17-34-28-35-24(16-31)21(27(38)36-28)8-4-2-6-18-5-1-3-7-20(11-9-18)25(37)26-32-13-14-33-26/h10,12-16,18,20,31H,1-9,11,17H2,(H,32,33)(H2,34,35,36,38). The van der Waals surface area contributed by atoms with Gasteiger partial charge in [0.05, 0.1) is 15.7 Å². The minimum atomic E-state index is -0.222. The molecule has 0 spiro atoms. The first-order chi connectivity index (χ1) is 18.4.